The van der Waals surface area contributed by atoms with Crippen LogP contribution in [0.5, 0.6) is 0 Å². The first kappa shape index (κ1) is 60.6. The first-order valence-corrected chi connectivity index (χ1v) is 28.2. The van der Waals surface area contributed by atoms with Crippen LogP contribution in [0, 0.1) is 0 Å². The van der Waals surface area contributed by atoms with Gasteiger partial charge in [-0.3, -0.25) is 9.59 Å². The second-order valence-corrected chi connectivity index (χ2v) is 19.4. The summed E-state index contributed by atoms with van der Waals surface area (Å²) in [4.78, 5) is 24.3. The fraction of sp³-hybridized carbons (Fsp3) is 0.930. The van der Waals surface area contributed by atoms with E-state index in [0.717, 1.165) is 38.5 Å². The lowest BCUT2D eigenvalue weighted by Crippen LogP contribution is -2.28. The lowest BCUT2D eigenvalue weighted by molar-refractivity contribution is -0.161. The lowest BCUT2D eigenvalue weighted by atomic mass is 10.0. The van der Waals surface area contributed by atoms with Gasteiger partial charge in [-0.2, -0.15) is 0 Å². The van der Waals surface area contributed by atoms with Crippen LogP contribution in [0.2, 0.25) is 0 Å². The zero-order valence-corrected chi connectivity index (χ0v) is 42.2. The Kier molecular flexibility index (Phi) is 52.8. The van der Waals surface area contributed by atoms with Crippen LogP contribution in [-0.2, 0) is 19.1 Å². The number of aliphatic hydroxyl groups excluding tert-OH is 1. The summed E-state index contributed by atoms with van der Waals surface area (Å²) >= 11 is 0. The molecular weight excluding hydrogens is 765 g/mol. The summed E-state index contributed by atoms with van der Waals surface area (Å²) in [7, 11) is 0. The van der Waals surface area contributed by atoms with Gasteiger partial charge in [-0.15, -0.1) is 0 Å². The van der Waals surface area contributed by atoms with E-state index in [9.17, 15) is 14.7 Å². The molecule has 5 nitrogen and oxygen atoms in total. The van der Waals surface area contributed by atoms with Crippen molar-refractivity contribution in [2.24, 2.45) is 0 Å². The molecule has 5 heteroatoms. The third kappa shape index (κ3) is 51.3. The van der Waals surface area contributed by atoms with Gasteiger partial charge in [0.1, 0.15) is 6.61 Å². The van der Waals surface area contributed by atoms with Gasteiger partial charge in [0.05, 0.1) is 6.61 Å². The molecule has 0 aliphatic carbocycles. The van der Waals surface area contributed by atoms with Crippen LogP contribution < -0.4 is 0 Å². The smallest absolute Gasteiger partial charge is 0.306 e. The van der Waals surface area contributed by atoms with E-state index in [2.05, 4.69) is 26.0 Å². The van der Waals surface area contributed by atoms with Gasteiger partial charge in [0.15, 0.2) is 6.10 Å². The van der Waals surface area contributed by atoms with Crippen molar-refractivity contribution >= 4 is 11.9 Å². The van der Waals surface area contributed by atoms with Crippen LogP contribution in [0.1, 0.15) is 322 Å². The van der Waals surface area contributed by atoms with Gasteiger partial charge in [-0.1, -0.05) is 289 Å². The van der Waals surface area contributed by atoms with Gasteiger partial charge in [0.25, 0.3) is 0 Å². The molecule has 0 bridgehead atoms. The Labute approximate surface area is 388 Å². The summed E-state index contributed by atoms with van der Waals surface area (Å²) in [6, 6.07) is 0. The van der Waals surface area contributed by atoms with Crippen LogP contribution in [0.3, 0.4) is 0 Å². The minimum Gasteiger partial charge on any atom is -0.462 e. The highest BCUT2D eigenvalue weighted by atomic mass is 16.6. The number of esters is 2. The molecule has 0 aromatic carbocycles. The van der Waals surface area contributed by atoms with Crippen molar-refractivity contribution in [1.29, 1.82) is 0 Å². The highest BCUT2D eigenvalue weighted by molar-refractivity contribution is 5.70. The minimum absolute atomic E-state index is 0.0629. The van der Waals surface area contributed by atoms with Gasteiger partial charge in [0, 0.05) is 12.8 Å². The predicted molar refractivity (Wildman–Crippen MR) is 270 cm³/mol. The van der Waals surface area contributed by atoms with Crippen molar-refractivity contribution in [2.75, 3.05) is 13.2 Å². The SMILES string of the molecule is CCCC/C=C\CCCCCCCC(=O)OC(CO)COC(=O)CCCCCCCCCCCCCCCCCCCCCCCCCCCCCCCCCCCCCCC. The lowest BCUT2D eigenvalue weighted by Gasteiger charge is -2.15. The number of aliphatic hydroxyl groups is 1. The molecule has 1 atom stereocenters. The van der Waals surface area contributed by atoms with Crippen molar-refractivity contribution in [2.45, 2.75) is 328 Å². The number of hydrogen-bond donors (Lipinski definition) is 1. The molecule has 0 radical (unpaired) electrons. The molecule has 368 valence electrons. The van der Waals surface area contributed by atoms with Crippen LogP contribution in [0.15, 0.2) is 12.2 Å². The average Bonchev–Trinajstić information content (AvgIpc) is 3.28. The Balaban J connectivity index is 3.31. The molecule has 0 amide bonds. The number of hydrogen-bond acceptors (Lipinski definition) is 5. The first-order chi connectivity index (χ1) is 30.6. The molecular formula is C57H110O5. The van der Waals surface area contributed by atoms with Gasteiger partial charge in [0.2, 0.25) is 0 Å². The largest absolute Gasteiger partial charge is 0.462 e. The molecule has 0 spiro atoms. The van der Waals surface area contributed by atoms with Crippen LogP contribution in [0.25, 0.3) is 0 Å². The van der Waals surface area contributed by atoms with Crippen molar-refractivity contribution in [3.8, 4) is 0 Å². The Morgan fingerprint density at radius 2 is 0.613 bits per heavy atom. The molecule has 1 unspecified atom stereocenters. The van der Waals surface area contributed by atoms with Crippen molar-refractivity contribution in [3.63, 3.8) is 0 Å². The van der Waals surface area contributed by atoms with Gasteiger partial charge < -0.3 is 14.6 Å². The summed E-state index contributed by atoms with van der Waals surface area (Å²) in [6.07, 6.45) is 66.6. The number of carbonyl (C=O) groups is 2. The van der Waals surface area contributed by atoms with E-state index in [1.165, 1.54) is 257 Å². The average molecular weight is 876 g/mol. The fourth-order valence-corrected chi connectivity index (χ4v) is 8.78. The summed E-state index contributed by atoms with van der Waals surface area (Å²) in [5.74, 6) is -0.586. The molecule has 0 saturated carbocycles. The molecule has 0 rings (SSSR count). The maximum atomic E-state index is 12.2. The van der Waals surface area contributed by atoms with E-state index in [1.807, 2.05) is 0 Å². The van der Waals surface area contributed by atoms with E-state index in [-0.39, 0.29) is 25.2 Å². The number of unbranched alkanes of at least 4 members (excludes halogenated alkanes) is 43. The van der Waals surface area contributed by atoms with E-state index < -0.39 is 6.10 Å². The summed E-state index contributed by atoms with van der Waals surface area (Å²) in [5, 5.41) is 9.58. The summed E-state index contributed by atoms with van der Waals surface area (Å²) in [5.41, 5.74) is 0. The maximum Gasteiger partial charge on any atom is 0.306 e. The Bertz CT molecular complexity index is 902. The van der Waals surface area contributed by atoms with Crippen LogP contribution >= 0.6 is 0 Å². The van der Waals surface area contributed by atoms with E-state index in [4.69, 9.17) is 9.47 Å². The first-order valence-electron chi connectivity index (χ1n) is 28.2. The predicted octanol–water partition coefficient (Wildman–Crippen LogP) is 18.8. The normalized spacial score (nSPS) is 12.1. The molecule has 62 heavy (non-hydrogen) atoms. The highest BCUT2D eigenvalue weighted by Crippen LogP contribution is 2.18. The van der Waals surface area contributed by atoms with Crippen LogP contribution in [0.4, 0.5) is 0 Å². The molecule has 0 aliphatic heterocycles. The van der Waals surface area contributed by atoms with E-state index in [0.29, 0.717) is 12.8 Å². The molecule has 1 N–H and O–H groups in total. The zero-order chi connectivity index (χ0) is 44.9. The molecule has 0 heterocycles. The van der Waals surface area contributed by atoms with Crippen molar-refractivity contribution in [3.05, 3.63) is 12.2 Å². The minimum atomic E-state index is -0.770. The molecule has 0 aromatic heterocycles. The fourth-order valence-electron chi connectivity index (χ4n) is 8.78. The van der Waals surface area contributed by atoms with E-state index in [1.54, 1.807) is 0 Å². The van der Waals surface area contributed by atoms with Crippen molar-refractivity contribution < 1.29 is 24.2 Å². The van der Waals surface area contributed by atoms with Gasteiger partial charge >= 0.3 is 11.9 Å². The molecule has 0 saturated heterocycles. The topological polar surface area (TPSA) is 72.8 Å². The van der Waals surface area contributed by atoms with Gasteiger partial charge in [-0.25, -0.2) is 0 Å². The zero-order valence-electron chi connectivity index (χ0n) is 42.2. The molecule has 0 aliphatic rings. The Morgan fingerprint density at radius 3 is 0.919 bits per heavy atom. The molecule has 0 fully saturated rings. The second-order valence-electron chi connectivity index (χ2n) is 19.4. The number of carbonyl (C=O) groups excluding carboxylic acids is 2. The van der Waals surface area contributed by atoms with Crippen LogP contribution in [-0.4, -0.2) is 36.4 Å². The second kappa shape index (κ2) is 54.0. The maximum absolute atomic E-state index is 12.2. The third-order valence-corrected chi connectivity index (χ3v) is 13.1. The van der Waals surface area contributed by atoms with E-state index >= 15 is 0 Å². The Morgan fingerprint density at radius 1 is 0.355 bits per heavy atom. The third-order valence-electron chi connectivity index (χ3n) is 13.1. The number of allylic oxidation sites excluding steroid dienone is 2. The number of rotatable bonds is 53. The number of ether oxygens (including phenoxy) is 2. The quantitative estimate of drug-likeness (QED) is 0.0374. The Hall–Kier alpha value is -1.36. The van der Waals surface area contributed by atoms with Crippen molar-refractivity contribution in [1.82, 2.24) is 0 Å². The standard InChI is InChI=1S/C57H110O5/c1-3-5-7-9-11-13-15-16-17-18-19-20-21-22-23-24-25-26-27-28-29-30-31-32-33-34-35-36-37-38-39-40-42-43-45-47-49-51-56(59)61-54-55(53-58)62-57(60)52-50-48-46-44-41-14-12-10-8-6-4-2/h10,12,55,58H,3-9,11,13-54H2,1-2H3/b12-10-. The highest BCUT2D eigenvalue weighted by Gasteiger charge is 2.16. The monoisotopic (exact) mass is 875 g/mol. The molecule has 0 aromatic rings. The summed E-state index contributed by atoms with van der Waals surface area (Å²) < 4.78 is 10.6. The van der Waals surface area contributed by atoms with Gasteiger partial charge in [-0.05, 0) is 32.1 Å². The summed E-state index contributed by atoms with van der Waals surface area (Å²) in [6.45, 7) is 4.13.